The summed E-state index contributed by atoms with van der Waals surface area (Å²) in [6.07, 6.45) is -0.168. The molecule has 8 heteroatoms. The van der Waals surface area contributed by atoms with Crippen molar-refractivity contribution in [2.45, 2.75) is 25.3 Å². The number of carbonyl (C=O) groups is 3. The smallest absolute Gasteiger partial charge is 0.312 e. The van der Waals surface area contributed by atoms with Crippen LogP contribution in [0.3, 0.4) is 0 Å². The lowest BCUT2D eigenvalue weighted by Gasteiger charge is -2.17. The fourth-order valence-electron chi connectivity index (χ4n) is 2.71. The number of ether oxygens (including phenoxy) is 1. The molecule has 0 radical (unpaired) electrons. The van der Waals surface area contributed by atoms with Gasteiger partial charge in [0, 0.05) is 11.6 Å². The summed E-state index contributed by atoms with van der Waals surface area (Å²) in [5.41, 5.74) is 6.93. The highest BCUT2D eigenvalue weighted by Crippen LogP contribution is 2.20. The monoisotopic (exact) mass is 417 g/mol. The van der Waals surface area contributed by atoms with Crippen molar-refractivity contribution in [3.63, 3.8) is 0 Å². The van der Waals surface area contributed by atoms with Crippen LogP contribution in [0.4, 0.5) is 4.79 Å². The van der Waals surface area contributed by atoms with Gasteiger partial charge in [0.1, 0.15) is 0 Å². The molecule has 2 aromatic carbocycles. The quantitative estimate of drug-likeness (QED) is 0.545. The van der Waals surface area contributed by atoms with Crippen molar-refractivity contribution in [1.29, 1.82) is 0 Å². The lowest BCUT2D eigenvalue weighted by atomic mass is 10.0. The molecule has 0 heterocycles. The molecule has 29 heavy (non-hydrogen) atoms. The van der Waals surface area contributed by atoms with E-state index in [1.54, 1.807) is 24.3 Å². The second-order valence-electron chi connectivity index (χ2n) is 6.59. The SMILES string of the molecule is C[C@@H](CNC(=O)COC(=O)C[C@@H](NC(N)=O)c1ccc(Cl)cc1)c1ccccc1. The van der Waals surface area contributed by atoms with E-state index in [0.29, 0.717) is 17.1 Å². The van der Waals surface area contributed by atoms with Crippen molar-refractivity contribution in [3.05, 3.63) is 70.7 Å². The molecule has 2 rings (SSSR count). The van der Waals surface area contributed by atoms with Crippen LogP contribution in [0.5, 0.6) is 0 Å². The van der Waals surface area contributed by atoms with Crippen molar-refractivity contribution in [1.82, 2.24) is 10.6 Å². The van der Waals surface area contributed by atoms with Gasteiger partial charge in [0.05, 0.1) is 12.5 Å². The van der Waals surface area contributed by atoms with E-state index in [1.807, 2.05) is 37.3 Å². The summed E-state index contributed by atoms with van der Waals surface area (Å²) in [6, 6.07) is 14.9. The van der Waals surface area contributed by atoms with Crippen LogP contribution in [-0.4, -0.2) is 31.1 Å². The predicted molar refractivity (Wildman–Crippen MR) is 110 cm³/mol. The molecule has 0 aliphatic heterocycles. The van der Waals surface area contributed by atoms with Crippen molar-refractivity contribution < 1.29 is 19.1 Å². The van der Waals surface area contributed by atoms with Crippen LogP contribution in [0.15, 0.2) is 54.6 Å². The van der Waals surface area contributed by atoms with E-state index >= 15 is 0 Å². The number of halogens is 1. The van der Waals surface area contributed by atoms with Gasteiger partial charge in [-0.15, -0.1) is 0 Å². The topological polar surface area (TPSA) is 111 Å². The number of benzene rings is 2. The molecule has 4 N–H and O–H groups in total. The minimum Gasteiger partial charge on any atom is -0.456 e. The number of rotatable bonds is 9. The Morgan fingerprint density at radius 3 is 2.31 bits per heavy atom. The van der Waals surface area contributed by atoms with Crippen molar-refractivity contribution in [3.8, 4) is 0 Å². The summed E-state index contributed by atoms with van der Waals surface area (Å²) in [7, 11) is 0. The molecule has 0 saturated carbocycles. The number of primary amides is 1. The van der Waals surface area contributed by atoms with Gasteiger partial charge in [0.25, 0.3) is 5.91 Å². The molecule has 154 valence electrons. The Kier molecular flexibility index (Phi) is 8.48. The van der Waals surface area contributed by atoms with Crippen molar-refractivity contribution in [2.24, 2.45) is 5.73 Å². The van der Waals surface area contributed by atoms with E-state index < -0.39 is 30.6 Å². The lowest BCUT2D eigenvalue weighted by Crippen LogP contribution is -2.35. The maximum atomic E-state index is 12.1. The number of esters is 1. The molecule has 0 aromatic heterocycles. The van der Waals surface area contributed by atoms with Crippen molar-refractivity contribution in [2.75, 3.05) is 13.2 Å². The number of nitrogens with one attached hydrogen (secondary N) is 2. The maximum absolute atomic E-state index is 12.1. The number of carbonyl (C=O) groups excluding carboxylic acids is 3. The predicted octanol–water partition coefficient (Wildman–Crippen LogP) is 2.90. The molecule has 0 unspecified atom stereocenters. The molecule has 0 saturated heterocycles. The largest absolute Gasteiger partial charge is 0.456 e. The third kappa shape index (κ3) is 7.83. The van der Waals surface area contributed by atoms with Gasteiger partial charge in [0.2, 0.25) is 0 Å². The molecule has 7 nitrogen and oxygen atoms in total. The van der Waals surface area contributed by atoms with Crippen LogP contribution in [0.2, 0.25) is 5.02 Å². The average molecular weight is 418 g/mol. The van der Waals surface area contributed by atoms with Gasteiger partial charge in [-0.05, 0) is 29.2 Å². The number of hydrogen-bond acceptors (Lipinski definition) is 4. The van der Waals surface area contributed by atoms with Gasteiger partial charge in [0.15, 0.2) is 6.61 Å². The van der Waals surface area contributed by atoms with E-state index in [1.165, 1.54) is 0 Å². The van der Waals surface area contributed by atoms with Crippen molar-refractivity contribution >= 4 is 29.5 Å². The standard InChI is InChI=1S/C21H24ClN3O4/c1-14(15-5-3-2-4-6-15)12-24-19(26)13-29-20(27)11-18(25-21(23)28)16-7-9-17(22)10-8-16/h2-10,14,18H,11-13H2,1H3,(H,24,26)(H3,23,25,28)/t14-,18+/m0/s1. The molecule has 0 fully saturated rings. The Hall–Kier alpha value is -3.06. The minimum absolute atomic E-state index is 0.130. The average Bonchev–Trinajstić information content (AvgIpc) is 2.71. The van der Waals surface area contributed by atoms with Crippen LogP contribution >= 0.6 is 11.6 Å². The zero-order chi connectivity index (χ0) is 21.2. The number of urea groups is 1. The Morgan fingerprint density at radius 2 is 1.69 bits per heavy atom. The molecule has 0 aliphatic carbocycles. The highest BCUT2D eigenvalue weighted by molar-refractivity contribution is 6.30. The first-order valence-electron chi connectivity index (χ1n) is 9.14. The Bertz CT molecular complexity index is 828. The third-order valence-electron chi connectivity index (χ3n) is 4.30. The Morgan fingerprint density at radius 1 is 1.03 bits per heavy atom. The van der Waals surface area contributed by atoms with Gasteiger partial charge in [-0.1, -0.05) is 61.0 Å². The van der Waals surface area contributed by atoms with E-state index in [-0.39, 0.29) is 12.3 Å². The van der Waals surface area contributed by atoms with Crippen LogP contribution in [0, 0.1) is 0 Å². The highest BCUT2D eigenvalue weighted by atomic mass is 35.5. The lowest BCUT2D eigenvalue weighted by molar-refractivity contribution is -0.149. The molecular weight excluding hydrogens is 394 g/mol. The molecule has 2 atom stereocenters. The van der Waals surface area contributed by atoms with E-state index in [4.69, 9.17) is 22.1 Å². The number of hydrogen-bond donors (Lipinski definition) is 3. The fourth-order valence-corrected chi connectivity index (χ4v) is 2.83. The van der Waals surface area contributed by atoms with Crippen LogP contribution < -0.4 is 16.4 Å². The first kappa shape index (κ1) is 22.2. The van der Waals surface area contributed by atoms with Gasteiger partial charge >= 0.3 is 12.0 Å². The summed E-state index contributed by atoms with van der Waals surface area (Å²) in [6.45, 7) is 2.02. The molecule has 0 aliphatic rings. The number of nitrogens with two attached hydrogens (primary N) is 1. The summed E-state index contributed by atoms with van der Waals surface area (Å²) < 4.78 is 5.03. The number of amides is 3. The van der Waals surface area contributed by atoms with E-state index in [0.717, 1.165) is 5.56 Å². The third-order valence-corrected chi connectivity index (χ3v) is 4.55. The van der Waals surface area contributed by atoms with E-state index in [2.05, 4.69) is 10.6 Å². The van der Waals surface area contributed by atoms with Gasteiger partial charge in [-0.2, -0.15) is 0 Å². The zero-order valence-corrected chi connectivity index (χ0v) is 16.8. The zero-order valence-electron chi connectivity index (χ0n) is 16.1. The second kappa shape index (κ2) is 11.1. The molecule has 2 aromatic rings. The molecule has 0 bridgehead atoms. The van der Waals surface area contributed by atoms with Crippen LogP contribution in [0.25, 0.3) is 0 Å². The molecule has 3 amide bonds. The fraction of sp³-hybridized carbons (Fsp3) is 0.286. The Balaban J connectivity index is 1.81. The highest BCUT2D eigenvalue weighted by Gasteiger charge is 2.19. The summed E-state index contributed by atoms with van der Waals surface area (Å²) in [4.78, 5) is 35.3. The summed E-state index contributed by atoms with van der Waals surface area (Å²) >= 11 is 5.86. The molecule has 0 spiro atoms. The second-order valence-corrected chi connectivity index (χ2v) is 7.03. The first-order valence-corrected chi connectivity index (χ1v) is 9.51. The minimum atomic E-state index is -0.773. The van der Waals surface area contributed by atoms with Gasteiger partial charge < -0.3 is 21.1 Å². The van der Waals surface area contributed by atoms with Gasteiger partial charge in [-0.25, -0.2) is 4.79 Å². The van der Waals surface area contributed by atoms with E-state index in [9.17, 15) is 14.4 Å². The van der Waals surface area contributed by atoms with Crippen LogP contribution in [-0.2, 0) is 14.3 Å². The van der Waals surface area contributed by atoms with Gasteiger partial charge in [-0.3, -0.25) is 9.59 Å². The molecular formula is C21H24ClN3O4. The summed E-state index contributed by atoms with van der Waals surface area (Å²) in [5.74, 6) is -0.901. The normalized spacial score (nSPS) is 12.5. The first-order chi connectivity index (χ1) is 13.8. The summed E-state index contributed by atoms with van der Waals surface area (Å²) in [5, 5.41) is 5.75. The Labute approximate surface area is 174 Å². The maximum Gasteiger partial charge on any atom is 0.312 e. The van der Waals surface area contributed by atoms with Crippen LogP contribution in [0.1, 0.15) is 36.4 Å².